The lowest BCUT2D eigenvalue weighted by atomic mass is 10.0. The molecule has 3 rings (SSSR count). The summed E-state index contributed by atoms with van der Waals surface area (Å²) in [6, 6.07) is 13.5. The van der Waals surface area contributed by atoms with Gasteiger partial charge in [-0.15, -0.1) is 0 Å². The summed E-state index contributed by atoms with van der Waals surface area (Å²) in [5.74, 6) is 1.98. The first-order chi connectivity index (χ1) is 12.4. The van der Waals surface area contributed by atoms with Crippen LogP contribution in [0.5, 0.6) is 11.5 Å². The van der Waals surface area contributed by atoms with Crippen molar-refractivity contribution >= 4 is 11.9 Å². The minimum absolute atomic E-state index is 0.0937. The van der Waals surface area contributed by atoms with Crippen LogP contribution in [0.2, 0.25) is 0 Å². The molecule has 3 nitrogen and oxygen atoms in total. The van der Waals surface area contributed by atoms with Gasteiger partial charge in [0.25, 0.3) is 0 Å². The topological polar surface area (TPSA) is 35.5 Å². The summed E-state index contributed by atoms with van der Waals surface area (Å²) in [5, 5.41) is 0. The molecule has 0 saturated carbocycles. The molecule has 0 spiro atoms. The summed E-state index contributed by atoms with van der Waals surface area (Å²) in [6.45, 7) is 8.87. The number of fused-ring (bicyclic) bond motifs is 1. The van der Waals surface area contributed by atoms with Crippen molar-refractivity contribution in [2.45, 2.75) is 33.6 Å². The molecule has 1 heterocycles. The second-order valence-electron chi connectivity index (χ2n) is 7.01. The molecule has 0 aromatic heterocycles. The highest BCUT2D eigenvalue weighted by Crippen LogP contribution is 2.35. The highest BCUT2D eigenvalue weighted by atomic mass is 16.5. The molecular formula is C23H24O3. The van der Waals surface area contributed by atoms with E-state index in [1.165, 1.54) is 11.1 Å². The van der Waals surface area contributed by atoms with Gasteiger partial charge in [-0.1, -0.05) is 43.7 Å². The molecule has 0 N–H and O–H groups in total. The van der Waals surface area contributed by atoms with Crippen LogP contribution in [0.25, 0.3) is 6.08 Å². The van der Waals surface area contributed by atoms with Crippen LogP contribution in [0.15, 0.2) is 59.9 Å². The van der Waals surface area contributed by atoms with Gasteiger partial charge in [0.15, 0.2) is 5.76 Å². The van der Waals surface area contributed by atoms with E-state index in [4.69, 9.17) is 9.47 Å². The van der Waals surface area contributed by atoms with Gasteiger partial charge in [-0.25, -0.2) is 0 Å². The summed E-state index contributed by atoms with van der Waals surface area (Å²) in [5.41, 5.74) is 3.99. The zero-order valence-electron chi connectivity index (χ0n) is 15.7. The van der Waals surface area contributed by atoms with Gasteiger partial charge in [-0.3, -0.25) is 4.79 Å². The zero-order valence-corrected chi connectivity index (χ0v) is 15.7. The molecule has 0 bridgehead atoms. The number of hydrogen-bond donors (Lipinski definition) is 0. The first-order valence-electron chi connectivity index (χ1n) is 8.88. The Morgan fingerprint density at radius 1 is 1.12 bits per heavy atom. The number of Topliss-reactive ketones (excluding diaryl/α,β-unsaturated/α-hetero) is 1. The van der Waals surface area contributed by atoms with Crippen LogP contribution in [0.4, 0.5) is 0 Å². The molecule has 26 heavy (non-hydrogen) atoms. The molecule has 2 aromatic rings. The fourth-order valence-corrected chi connectivity index (χ4v) is 2.69. The first-order valence-corrected chi connectivity index (χ1v) is 8.88. The average molecular weight is 348 g/mol. The van der Waals surface area contributed by atoms with E-state index in [2.05, 4.69) is 26.0 Å². The van der Waals surface area contributed by atoms with E-state index < -0.39 is 0 Å². The van der Waals surface area contributed by atoms with E-state index in [0.717, 1.165) is 5.56 Å². The lowest BCUT2D eigenvalue weighted by Gasteiger charge is -2.05. The van der Waals surface area contributed by atoms with Crippen LogP contribution in [0, 0.1) is 0 Å². The lowest BCUT2D eigenvalue weighted by molar-refractivity contribution is 0.101. The molecule has 0 saturated heterocycles. The van der Waals surface area contributed by atoms with Gasteiger partial charge in [0, 0.05) is 6.07 Å². The Kier molecular flexibility index (Phi) is 5.27. The number of rotatable bonds is 5. The summed E-state index contributed by atoms with van der Waals surface area (Å²) in [4.78, 5) is 12.5. The van der Waals surface area contributed by atoms with Gasteiger partial charge < -0.3 is 9.47 Å². The second-order valence-corrected chi connectivity index (χ2v) is 7.01. The standard InChI is InChI=1S/C23H24O3/c1-15(2)11-12-25-19-9-10-20-21(14-19)26-22(23(20)24)13-17-5-7-18(8-6-17)16(3)4/h5-11,13-14,16H,12H2,1-4H3. The quantitative estimate of drug-likeness (QED) is 0.508. The number of benzene rings is 2. The van der Waals surface area contributed by atoms with E-state index in [0.29, 0.717) is 35.3 Å². The maximum atomic E-state index is 12.5. The highest BCUT2D eigenvalue weighted by Gasteiger charge is 2.27. The molecule has 0 unspecified atom stereocenters. The molecule has 3 heteroatoms. The molecule has 0 radical (unpaired) electrons. The summed E-state index contributed by atoms with van der Waals surface area (Å²) in [6.07, 6.45) is 3.79. The van der Waals surface area contributed by atoms with Gasteiger partial charge >= 0.3 is 0 Å². The smallest absolute Gasteiger partial charge is 0.231 e. The molecule has 0 fully saturated rings. The molecule has 1 aliphatic heterocycles. The average Bonchev–Trinajstić information content (AvgIpc) is 2.90. The molecule has 0 aliphatic carbocycles. The molecule has 0 atom stereocenters. The molecule has 1 aliphatic rings. The number of allylic oxidation sites excluding steroid dienone is 2. The van der Waals surface area contributed by atoms with E-state index in [1.807, 2.05) is 32.1 Å². The first kappa shape index (κ1) is 18.0. The fourth-order valence-electron chi connectivity index (χ4n) is 2.69. The molecule has 2 aromatic carbocycles. The monoisotopic (exact) mass is 348 g/mol. The van der Waals surface area contributed by atoms with Crippen molar-refractivity contribution in [1.29, 1.82) is 0 Å². The van der Waals surface area contributed by atoms with Gasteiger partial charge in [0.05, 0.1) is 5.56 Å². The van der Waals surface area contributed by atoms with Crippen molar-refractivity contribution in [2.75, 3.05) is 6.61 Å². The van der Waals surface area contributed by atoms with Crippen LogP contribution in [-0.4, -0.2) is 12.4 Å². The van der Waals surface area contributed by atoms with Crippen molar-refractivity contribution in [2.24, 2.45) is 0 Å². The Bertz CT molecular complexity index is 867. The molecule has 0 amide bonds. The number of carbonyl (C=O) groups is 1. The Morgan fingerprint density at radius 2 is 1.85 bits per heavy atom. The van der Waals surface area contributed by atoms with E-state index in [9.17, 15) is 4.79 Å². The molecular weight excluding hydrogens is 324 g/mol. The van der Waals surface area contributed by atoms with Crippen molar-refractivity contribution in [3.63, 3.8) is 0 Å². The summed E-state index contributed by atoms with van der Waals surface area (Å²) in [7, 11) is 0. The fraction of sp³-hybridized carbons (Fsp3) is 0.261. The SMILES string of the molecule is CC(C)=CCOc1ccc2c(c1)OC(=Cc1ccc(C(C)C)cc1)C2=O. The van der Waals surface area contributed by atoms with Crippen molar-refractivity contribution in [3.05, 3.63) is 76.6 Å². The molecule has 134 valence electrons. The van der Waals surface area contributed by atoms with Crippen molar-refractivity contribution in [3.8, 4) is 11.5 Å². The normalized spacial score (nSPS) is 14.3. The van der Waals surface area contributed by atoms with Crippen molar-refractivity contribution < 1.29 is 14.3 Å². The predicted octanol–water partition coefficient (Wildman–Crippen LogP) is 5.77. The minimum atomic E-state index is -0.0937. The Balaban J connectivity index is 1.77. The van der Waals surface area contributed by atoms with E-state index >= 15 is 0 Å². The van der Waals surface area contributed by atoms with Crippen LogP contribution in [0.3, 0.4) is 0 Å². The Labute approximate surface area is 155 Å². The Morgan fingerprint density at radius 3 is 2.50 bits per heavy atom. The largest absolute Gasteiger partial charge is 0.489 e. The summed E-state index contributed by atoms with van der Waals surface area (Å²) >= 11 is 0. The predicted molar refractivity (Wildman–Crippen MR) is 105 cm³/mol. The lowest BCUT2D eigenvalue weighted by Crippen LogP contribution is -1.98. The number of ether oxygens (including phenoxy) is 2. The van der Waals surface area contributed by atoms with Crippen LogP contribution in [-0.2, 0) is 0 Å². The Hall–Kier alpha value is -2.81. The van der Waals surface area contributed by atoms with Gasteiger partial charge in [-0.2, -0.15) is 0 Å². The third kappa shape index (κ3) is 4.05. The van der Waals surface area contributed by atoms with Gasteiger partial charge in [0.1, 0.15) is 18.1 Å². The van der Waals surface area contributed by atoms with Crippen LogP contribution >= 0.6 is 0 Å². The maximum absolute atomic E-state index is 12.5. The zero-order chi connectivity index (χ0) is 18.7. The number of carbonyl (C=O) groups excluding carboxylic acids is 1. The van der Waals surface area contributed by atoms with E-state index in [-0.39, 0.29) is 5.78 Å². The number of ketones is 1. The van der Waals surface area contributed by atoms with E-state index in [1.54, 1.807) is 24.3 Å². The third-order valence-electron chi connectivity index (χ3n) is 4.28. The minimum Gasteiger partial charge on any atom is -0.489 e. The van der Waals surface area contributed by atoms with Crippen LogP contribution < -0.4 is 9.47 Å². The second kappa shape index (κ2) is 7.61. The van der Waals surface area contributed by atoms with Gasteiger partial charge in [-0.05, 0) is 55.2 Å². The maximum Gasteiger partial charge on any atom is 0.231 e. The number of hydrogen-bond acceptors (Lipinski definition) is 3. The van der Waals surface area contributed by atoms with Crippen LogP contribution in [0.1, 0.15) is 55.1 Å². The van der Waals surface area contributed by atoms with Crippen molar-refractivity contribution in [1.82, 2.24) is 0 Å². The third-order valence-corrected chi connectivity index (χ3v) is 4.28. The van der Waals surface area contributed by atoms with Gasteiger partial charge in [0.2, 0.25) is 5.78 Å². The summed E-state index contributed by atoms with van der Waals surface area (Å²) < 4.78 is 11.5. The highest BCUT2D eigenvalue weighted by molar-refractivity contribution is 6.14.